The van der Waals surface area contributed by atoms with Gasteiger partial charge in [-0.25, -0.2) is 13.2 Å². The lowest BCUT2D eigenvalue weighted by molar-refractivity contribution is -0.138. The summed E-state index contributed by atoms with van der Waals surface area (Å²) < 4.78 is 118. The van der Waals surface area contributed by atoms with Crippen LogP contribution in [0.1, 0.15) is 12.8 Å². The van der Waals surface area contributed by atoms with Crippen LogP contribution < -0.4 is 4.74 Å². The Bertz CT molecular complexity index is 945. The Balaban J connectivity index is 1.78. The van der Waals surface area contributed by atoms with Gasteiger partial charge in [0.15, 0.2) is 0 Å². The molecular weight excluding hydrogens is 639 g/mol. The van der Waals surface area contributed by atoms with Crippen LogP contribution in [-0.2, 0) is 52.2 Å². The Labute approximate surface area is 263 Å². The van der Waals surface area contributed by atoms with Crippen LogP contribution in [0.2, 0.25) is 0 Å². The smallest absolute Gasteiger partial charge is 0.313 e. The molecule has 1 aromatic rings. The molecule has 1 N–H and O–H groups in total. The van der Waals surface area contributed by atoms with E-state index >= 15 is 0 Å². The summed E-state index contributed by atoms with van der Waals surface area (Å²) in [6.07, 6.45) is -0.523. The van der Waals surface area contributed by atoms with Crippen molar-refractivity contribution in [3.63, 3.8) is 0 Å². The van der Waals surface area contributed by atoms with Crippen molar-refractivity contribution in [3.8, 4) is 5.75 Å². The number of halogens is 5. The number of carboxylic acid groups (broad SMARTS) is 1. The van der Waals surface area contributed by atoms with Gasteiger partial charge in [0.1, 0.15) is 0 Å². The first kappa shape index (κ1) is 41.5. The van der Waals surface area contributed by atoms with Crippen molar-refractivity contribution < 1.29 is 84.0 Å². The van der Waals surface area contributed by atoms with E-state index in [2.05, 4.69) is 4.74 Å². The molecule has 46 heavy (non-hydrogen) atoms. The maximum Gasteiger partial charge on any atom is 0.313 e. The molecule has 0 amide bonds. The molecule has 13 nitrogen and oxygen atoms in total. The molecule has 266 valence electrons. The van der Waals surface area contributed by atoms with Gasteiger partial charge in [-0.3, -0.25) is 9.59 Å². The second-order valence-corrected chi connectivity index (χ2v) is 8.78. The van der Waals surface area contributed by atoms with Crippen molar-refractivity contribution in [1.29, 1.82) is 0 Å². The molecule has 0 aromatic heterocycles. The summed E-state index contributed by atoms with van der Waals surface area (Å²) in [5.41, 5.74) is 0. The van der Waals surface area contributed by atoms with Crippen LogP contribution in [0.15, 0.2) is 0 Å². The predicted octanol–water partition coefficient (Wildman–Crippen LogP) is 2.30. The molecular formula is C28H41F5O13. The van der Waals surface area contributed by atoms with E-state index in [1.54, 1.807) is 0 Å². The Hall–Kier alpha value is -2.55. The van der Waals surface area contributed by atoms with Crippen molar-refractivity contribution in [3.05, 3.63) is 29.1 Å². The van der Waals surface area contributed by atoms with Crippen molar-refractivity contribution in [2.75, 3.05) is 119 Å². The van der Waals surface area contributed by atoms with Crippen LogP contribution in [0, 0.1) is 29.1 Å². The van der Waals surface area contributed by atoms with Crippen LogP contribution in [0.5, 0.6) is 5.75 Å². The highest BCUT2D eigenvalue weighted by Gasteiger charge is 2.28. The van der Waals surface area contributed by atoms with Gasteiger partial charge in [-0.1, -0.05) is 0 Å². The van der Waals surface area contributed by atoms with E-state index in [1.807, 2.05) is 0 Å². The summed E-state index contributed by atoms with van der Waals surface area (Å²) in [5.74, 6) is -15.1. The molecule has 0 unspecified atom stereocenters. The topological polar surface area (TPSA) is 147 Å². The largest absolute Gasteiger partial charge is 0.481 e. The molecule has 0 saturated heterocycles. The van der Waals surface area contributed by atoms with E-state index < -0.39 is 53.2 Å². The van der Waals surface area contributed by atoms with Gasteiger partial charge in [0, 0.05) is 0 Å². The van der Waals surface area contributed by atoms with E-state index in [0.29, 0.717) is 85.9 Å². The van der Waals surface area contributed by atoms with Crippen LogP contribution in [0.4, 0.5) is 22.0 Å². The fraction of sp³-hybridized carbons (Fsp3) is 0.714. The predicted molar refractivity (Wildman–Crippen MR) is 146 cm³/mol. The minimum Gasteiger partial charge on any atom is -0.481 e. The Kier molecular flexibility index (Phi) is 24.8. The number of carboxylic acids is 1. The quantitative estimate of drug-likeness (QED) is 0.0306. The van der Waals surface area contributed by atoms with Crippen molar-refractivity contribution in [2.24, 2.45) is 0 Å². The Morgan fingerprint density at radius 2 is 0.630 bits per heavy atom. The van der Waals surface area contributed by atoms with E-state index in [-0.39, 0.29) is 39.5 Å². The van der Waals surface area contributed by atoms with E-state index in [0.717, 1.165) is 0 Å². The molecule has 1 aromatic carbocycles. The van der Waals surface area contributed by atoms with Crippen molar-refractivity contribution in [2.45, 2.75) is 12.8 Å². The number of hydrogen-bond donors (Lipinski definition) is 1. The van der Waals surface area contributed by atoms with Crippen molar-refractivity contribution in [1.82, 2.24) is 0 Å². The molecule has 0 atom stereocenters. The lowest BCUT2D eigenvalue weighted by Crippen LogP contribution is -2.16. The number of ether oxygens (including phenoxy) is 10. The zero-order valence-corrected chi connectivity index (χ0v) is 25.4. The first-order valence-corrected chi connectivity index (χ1v) is 14.4. The lowest BCUT2D eigenvalue weighted by Gasteiger charge is -2.09. The summed E-state index contributed by atoms with van der Waals surface area (Å²) in [7, 11) is 0. The Morgan fingerprint density at radius 1 is 0.391 bits per heavy atom. The average molecular weight is 681 g/mol. The number of aliphatic carboxylic acids is 1. The zero-order chi connectivity index (χ0) is 33.8. The third-order valence-corrected chi connectivity index (χ3v) is 5.27. The highest BCUT2D eigenvalue weighted by Crippen LogP contribution is 2.29. The van der Waals surface area contributed by atoms with Gasteiger partial charge in [0.2, 0.25) is 34.8 Å². The fourth-order valence-electron chi connectivity index (χ4n) is 3.02. The van der Waals surface area contributed by atoms with Gasteiger partial charge >= 0.3 is 11.9 Å². The van der Waals surface area contributed by atoms with Crippen LogP contribution in [0.3, 0.4) is 0 Å². The van der Waals surface area contributed by atoms with Gasteiger partial charge < -0.3 is 52.5 Å². The number of benzene rings is 1. The first-order valence-electron chi connectivity index (χ1n) is 14.4. The highest BCUT2D eigenvalue weighted by molar-refractivity contribution is 5.72. The molecule has 1 rings (SSSR count). The molecule has 0 spiro atoms. The molecule has 18 heteroatoms. The molecule has 0 saturated carbocycles. The molecule has 0 aliphatic carbocycles. The number of rotatable bonds is 31. The molecule has 0 aliphatic heterocycles. The number of carbonyl (C=O) groups is 2. The SMILES string of the molecule is O=C(O)CCOCCOCCOCCOCCOCCOCCOCCOCCOCCC(=O)Oc1c(F)c(F)c(F)c(F)c1F. The second-order valence-electron chi connectivity index (χ2n) is 8.78. The molecule has 0 fully saturated rings. The second kappa shape index (κ2) is 27.6. The third kappa shape index (κ3) is 20.5. The van der Waals surface area contributed by atoms with Gasteiger partial charge in [-0.15, -0.1) is 0 Å². The van der Waals surface area contributed by atoms with E-state index in [9.17, 15) is 31.5 Å². The lowest BCUT2D eigenvalue weighted by atomic mass is 10.2. The number of esters is 1. The number of carbonyl (C=O) groups excluding carboxylic acids is 1. The van der Waals surface area contributed by atoms with Gasteiger partial charge in [-0.2, -0.15) is 8.78 Å². The summed E-state index contributed by atoms with van der Waals surface area (Å²) in [6, 6.07) is 0. The van der Waals surface area contributed by atoms with Crippen molar-refractivity contribution >= 4 is 11.9 Å². The highest BCUT2D eigenvalue weighted by atomic mass is 19.2. The summed E-state index contributed by atoms with van der Waals surface area (Å²) in [4.78, 5) is 21.9. The van der Waals surface area contributed by atoms with Crippen LogP contribution in [-0.4, -0.2) is 136 Å². The fourth-order valence-corrected chi connectivity index (χ4v) is 3.02. The minimum atomic E-state index is -2.35. The minimum absolute atomic E-state index is 0.0307. The normalized spacial score (nSPS) is 11.3. The summed E-state index contributed by atoms with van der Waals surface area (Å²) in [6.45, 7) is 5.41. The summed E-state index contributed by atoms with van der Waals surface area (Å²) >= 11 is 0. The van der Waals surface area contributed by atoms with E-state index in [4.69, 9.17) is 47.7 Å². The first-order chi connectivity index (χ1) is 22.3. The standard InChI is InChI=1S/C28H41F5O13/c29-23-24(30)26(32)28(27(33)25(23)31)46-22(36)2-4-38-6-8-40-10-12-42-14-16-44-18-20-45-19-17-43-15-13-41-11-9-39-7-5-37-3-1-21(34)35/h1-20H2,(H,34,35). The van der Waals surface area contributed by atoms with E-state index in [1.165, 1.54) is 0 Å². The van der Waals surface area contributed by atoms with Crippen LogP contribution in [0.25, 0.3) is 0 Å². The van der Waals surface area contributed by atoms with Gasteiger partial charge in [0.25, 0.3) is 0 Å². The molecule has 0 bridgehead atoms. The maximum atomic E-state index is 13.5. The van der Waals surface area contributed by atoms with Gasteiger partial charge in [0.05, 0.1) is 132 Å². The Morgan fingerprint density at radius 3 is 0.913 bits per heavy atom. The molecule has 0 aliphatic rings. The molecule has 0 radical (unpaired) electrons. The average Bonchev–Trinajstić information content (AvgIpc) is 3.04. The summed E-state index contributed by atoms with van der Waals surface area (Å²) in [5, 5.41) is 8.47. The monoisotopic (exact) mass is 680 g/mol. The molecule has 0 heterocycles. The third-order valence-electron chi connectivity index (χ3n) is 5.27. The maximum absolute atomic E-state index is 13.5. The number of hydrogen-bond acceptors (Lipinski definition) is 12. The zero-order valence-electron chi connectivity index (χ0n) is 25.4. The van der Waals surface area contributed by atoms with Gasteiger partial charge in [-0.05, 0) is 0 Å². The van der Waals surface area contributed by atoms with Crippen LogP contribution >= 0.6 is 0 Å².